The Hall–Kier alpha value is -1.94. The van der Waals surface area contributed by atoms with E-state index in [1.807, 2.05) is 24.3 Å². The van der Waals surface area contributed by atoms with Crippen LogP contribution in [0.1, 0.15) is 23.2 Å². The van der Waals surface area contributed by atoms with E-state index < -0.39 is 0 Å². The van der Waals surface area contributed by atoms with Gasteiger partial charge in [-0.15, -0.1) is 0 Å². The first-order chi connectivity index (χ1) is 8.84. The molecule has 1 amide bonds. The van der Waals surface area contributed by atoms with Gasteiger partial charge >= 0.3 is 0 Å². The van der Waals surface area contributed by atoms with E-state index in [1.54, 1.807) is 12.3 Å². The number of pyridine rings is 1. The first-order valence-electron chi connectivity index (χ1n) is 6.14. The van der Waals surface area contributed by atoms with Gasteiger partial charge in [0.05, 0.1) is 12.1 Å². The first kappa shape index (κ1) is 11.2. The van der Waals surface area contributed by atoms with Crippen LogP contribution in [0, 0.1) is 0 Å². The quantitative estimate of drug-likeness (QED) is 0.771. The Balaban J connectivity index is 1.91. The molecule has 0 saturated carbocycles. The largest absolute Gasteiger partial charge is 0.277 e. The molecule has 0 N–H and O–H groups in total. The number of fused-ring (bicyclic) bond motifs is 1. The van der Waals surface area contributed by atoms with E-state index in [4.69, 9.17) is 4.84 Å². The average Bonchev–Trinajstić information content (AvgIpc) is 2.47. The fourth-order valence-electron chi connectivity index (χ4n) is 2.11. The minimum atomic E-state index is -0.0690. The SMILES string of the molecule is O=C(c1ccc2ncccc2c1)N1CCCCO1. The number of carbonyl (C=O) groups is 1. The molecule has 0 spiro atoms. The Bertz CT molecular complexity index is 577. The van der Waals surface area contributed by atoms with Gasteiger partial charge in [0.2, 0.25) is 0 Å². The summed E-state index contributed by atoms with van der Waals surface area (Å²) in [5, 5.41) is 2.43. The fraction of sp³-hybridized carbons (Fsp3) is 0.286. The van der Waals surface area contributed by atoms with Crippen molar-refractivity contribution in [3.63, 3.8) is 0 Å². The zero-order valence-electron chi connectivity index (χ0n) is 10.0. The summed E-state index contributed by atoms with van der Waals surface area (Å²) in [5.74, 6) is -0.0690. The molecule has 2 aromatic rings. The summed E-state index contributed by atoms with van der Waals surface area (Å²) in [6.45, 7) is 1.30. The van der Waals surface area contributed by atoms with Gasteiger partial charge in [0, 0.05) is 23.7 Å². The van der Waals surface area contributed by atoms with Gasteiger partial charge in [0.1, 0.15) is 0 Å². The molecular formula is C14H14N2O2. The summed E-state index contributed by atoms with van der Waals surface area (Å²) in [6, 6.07) is 9.36. The first-order valence-corrected chi connectivity index (χ1v) is 6.14. The zero-order chi connectivity index (χ0) is 12.4. The number of nitrogens with zero attached hydrogens (tertiary/aromatic N) is 2. The number of rotatable bonds is 1. The molecule has 1 fully saturated rings. The van der Waals surface area contributed by atoms with Crippen molar-refractivity contribution in [2.75, 3.05) is 13.2 Å². The van der Waals surface area contributed by atoms with Gasteiger partial charge in [-0.3, -0.25) is 14.6 Å². The maximum absolute atomic E-state index is 12.2. The van der Waals surface area contributed by atoms with Crippen molar-refractivity contribution < 1.29 is 9.63 Å². The van der Waals surface area contributed by atoms with E-state index in [0.717, 1.165) is 23.7 Å². The van der Waals surface area contributed by atoms with Crippen molar-refractivity contribution >= 4 is 16.8 Å². The molecule has 1 saturated heterocycles. The predicted molar refractivity (Wildman–Crippen MR) is 68.0 cm³/mol. The van der Waals surface area contributed by atoms with Gasteiger partial charge in [-0.25, -0.2) is 5.06 Å². The highest BCUT2D eigenvalue weighted by atomic mass is 16.7. The second-order valence-corrected chi connectivity index (χ2v) is 4.36. The number of hydroxylamine groups is 2. The highest BCUT2D eigenvalue weighted by Gasteiger charge is 2.19. The fourth-order valence-corrected chi connectivity index (χ4v) is 2.11. The van der Waals surface area contributed by atoms with Gasteiger partial charge in [0.15, 0.2) is 0 Å². The average molecular weight is 242 g/mol. The summed E-state index contributed by atoms with van der Waals surface area (Å²) in [6.07, 6.45) is 3.77. The van der Waals surface area contributed by atoms with Crippen molar-refractivity contribution in [2.24, 2.45) is 0 Å². The highest BCUT2D eigenvalue weighted by Crippen LogP contribution is 2.16. The van der Waals surface area contributed by atoms with E-state index in [2.05, 4.69) is 4.98 Å². The second kappa shape index (κ2) is 4.74. The summed E-state index contributed by atoms with van der Waals surface area (Å²) >= 11 is 0. The van der Waals surface area contributed by atoms with Crippen molar-refractivity contribution in [2.45, 2.75) is 12.8 Å². The van der Waals surface area contributed by atoms with E-state index >= 15 is 0 Å². The number of hydrogen-bond acceptors (Lipinski definition) is 3. The monoisotopic (exact) mass is 242 g/mol. The standard InChI is InChI=1S/C14H14N2O2/c17-14(16-8-1-2-9-18-16)12-5-6-13-11(10-12)4-3-7-15-13/h3-7,10H,1-2,8-9H2. The molecule has 1 aliphatic rings. The minimum Gasteiger partial charge on any atom is -0.271 e. The molecular weight excluding hydrogens is 228 g/mol. The van der Waals surface area contributed by atoms with Crippen LogP contribution < -0.4 is 0 Å². The molecule has 4 nitrogen and oxygen atoms in total. The van der Waals surface area contributed by atoms with E-state index in [1.165, 1.54) is 5.06 Å². The topological polar surface area (TPSA) is 42.4 Å². The summed E-state index contributed by atoms with van der Waals surface area (Å²) in [7, 11) is 0. The lowest BCUT2D eigenvalue weighted by Gasteiger charge is -2.25. The lowest BCUT2D eigenvalue weighted by atomic mass is 10.1. The number of aromatic nitrogens is 1. The van der Waals surface area contributed by atoms with Crippen molar-refractivity contribution in [1.29, 1.82) is 0 Å². The van der Waals surface area contributed by atoms with Crippen LogP contribution in [0.2, 0.25) is 0 Å². The number of hydrogen-bond donors (Lipinski definition) is 0. The molecule has 0 aliphatic carbocycles. The van der Waals surface area contributed by atoms with Crippen molar-refractivity contribution in [1.82, 2.24) is 10.0 Å². The van der Waals surface area contributed by atoms with Gasteiger partial charge < -0.3 is 0 Å². The third-order valence-electron chi connectivity index (χ3n) is 3.08. The second-order valence-electron chi connectivity index (χ2n) is 4.36. The Morgan fingerprint density at radius 3 is 3.06 bits per heavy atom. The van der Waals surface area contributed by atoms with Crippen LogP contribution in [0.3, 0.4) is 0 Å². The molecule has 3 rings (SSSR count). The van der Waals surface area contributed by atoms with Crippen LogP contribution in [0.4, 0.5) is 0 Å². The van der Waals surface area contributed by atoms with E-state index in [-0.39, 0.29) is 5.91 Å². The predicted octanol–water partition coefficient (Wildman–Crippen LogP) is 2.40. The molecule has 1 aliphatic heterocycles. The minimum absolute atomic E-state index is 0.0690. The number of carbonyl (C=O) groups excluding carboxylic acids is 1. The molecule has 1 aromatic carbocycles. The lowest BCUT2D eigenvalue weighted by molar-refractivity contribution is -0.144. The van der Waals surface area contributed by atoms with Crippen LogP contribution in [0.15, 0.2) is 36.5 Å². The van der Waals surface area contributed by atoms with Crippen LogP contribution in [0.25, 0.3) is 10.9 Å². The number of amides is 1. The summed E-state index contributed by atoms with van der Waals surface area (Å²) in [5.41, 5.74) is 1.55. The Morgan fingerprint density at radius 1 is 1.28 bits per heavy atom. The Kier molecular flexibility index (Phi) is 2.94. The molecule has 0 unspecified atom stereocenters. The smallest absolute Gasteiger partial charge is 0.271 e. The lowest BCUT2D eigenvalue weighted by Crippen LogP contribution is -2.35. The summed E-state index contributed by atoms with van der Waals surface area (Å²) in [4.78, 5) is 21.8. The molecule has 1 aromatic heterocycles. The third-order valence-corrected chi connectivity index (χ3v) is 3.08. The normalized spacial score (nSPS) is 15.9. The molecule has 0 atom stereocenters. The van der Waals surface area contributed by atoms with E-state index in [0.29, 0.717) is 18.7 Å². The van der Waals surface area contributed by atoms with Gasteiger partial charge in [-0.2, -0.15) is 0 Å². The maximum Gasteiger partial charge on any atom is 0.277 e. The van der Waals surface area contributed by atoms with Crippen LogP contribution in [-0.4, -0.2) is 29.1 Å². The molecule has 92 valence electrons. The van der Waals surface area contributed by atoms with Gasteiger partial charge in [-0.1, -0.05) is 6.07 Å². The van der Waals surface area contributed by atoms with Crippen LogP contribution in [0.5, 0.6) is 0 Å². The summed E-state index contributed by atoms with van der Waals surface area (Å²) < 4.78 is 0. The Labute approximate surface area is 105 Å². The van der Waals surface area contributed by atoms with Crippen LogP contribution >= 0.6 is 0 Å². The van der Waals surface area contributed by atoms with Crippen LogP contribution in [-0.2, 0) is 4.84 Å². The Morgan fingerprint density at radius 2 is 2.22 bits per heavy atom. The van der Waals surface area contributed by atoms with E-state index in [9.17, 15) is 4.79 Å². The molecule has 2 heterocycles. The molecule has 0 bridgehead atoms. The maximum atomic E-state index is 12.2. The highest BCUT2D eigenvalue weighted by molar-refractivity contribution is 5.97. The number of benzene rings is 1. The molecule has 18 heavy (non-hydrogen) atoms. The van der Waals surface area contributed by atoms with Crippen molar-refractivity contribution in [3.8, 4) is 0 Å². The molecule has 0 radical (unpaired) electrons. The van der Waals surface area contributed by atoms with Crippen molar-refractivity contribution in [3.05, 3.63) is 42.1 Å². The third kappa shape index (κ3) is 2.07. The zero-order valence-corrected chi connectivity index (χ0v) is 10.0. The molecule has 4 heteroatoms. The van der Waals surface area contributed by atoms with Gasteiger partial charge in [0.25, 0.3) is 5.91 Å². The van der Waals surface area contributed by atoms with Gasteiger partial charge in [-0.05, 0) is 37.1 Å².